The predicted octanol–water partition coefficient (Wildman–Crippen LogP) is 2.39. The minimum absolute atomic E-state index is 0.261. The second-order valence-corrected chi connectivity index (χ2v) is 6.56. The van der Waals surface area contributed by atoms with Crippen molar-refractivity contribution in [3.8, 4) is 0 Å². The van der Waals surface area contributed by atoms with Crippen LogP contribution in [0.4, 0.5) is 4.39 Å². The number of aryl methyl sites for hydroxylation is 2. The SMILES string of the molecule is Cc1cc2c(=O)n(CC(=O)c3ccc(F)c(C)c3)c(=O)[nH]c2s1. The smallest absolute Gasteiger partial charge is 0.298 e. The Bertz CT molecular complexity index is 1050. The topological polar surface area (TPSA) is 71.9 Å². The second kappa shape index (κ2) is 5.58. The molecule has 0 unspecified atom stereocenters. The predicted molar refractivity (Wildman–Crippen MR) is 86.9 cm³/mol. The average molecular weight is 332 g/mol. The maximum Gasteiger partial charge on any atom is 0.329 e. The molecular formula is C16H13FN2O3S. The van der Waals surface area contributed by atoms with Gasteiger partial charge in [0, 0.05) is 10.4 Å². The quantitative estimate of drug-likeness (QED) is 0.749. The minimum Gasteiger partial charge on any atom is -0.298 e. The van der Waals surface area contributed by atoms with Crippen molar-refractivity contribution in [3.63, 3.8) is 0 Å². The number of nitrogens with zero attached hydrogens (tertiary/aromatic N) is 1. The first-order valence-corrected chi connectivity index (χ1v) is 7.71. The van der Waals surface area contributed by atoms with E-state index in [0.717, 1.165) is 9.44 Å². The fourth-order valence-corrected chi connectivity index (χ4v) is 3.26. The van der Waals surface area contributed by atoms with E-state index in [-0.39, 0.29) is 12.1 Å². The number of nitrogens with one attached hydrogen (secondary N) is 1. The highest BCUT2D eigenvalue weighted by atomic mass is 32.1. The van der Waals surface area contributed by atoms with Crippen LogP contribution in [0.2, 0.25) is 0 Å². The lowest BCUT2D eigenvalue weighted by Crippen LogP contribution is -2.36. The summed E-state index contributed by atoms with van der Waals surface area (Å²) >= 11 is 1.31. The van der Waals surface area contributed by atoms with Gasteiger partial charge in [-0.25, -0.2) is 9.18 Å². The molecule has 3 aromatic rings. The molecule has 0 saturated carbocycles. The normalized spacial score (nSPS) is 11.1. The number of carbonyl (C=O) groups is 1. The van der Waals surface area contributed by atoms with E-state index in [0.29, 0.717) is 15.8 Å². The van der Waals surface area contributed by atoms with Gasteiger partial charge in [0.25, 0.3) is 5.56 Å². The number of halogens is 1. The molecule has 1 aromatic carbocycles. The monoisotopic (exact) mass is 332 g/mol. The zero-order valence-electron chi connectivity index (χ0n) is 12.5. The molecule has 0 amide bonds. The summed E-state index contributed by atoms with van der Waals surface area (Å²) in [5.41, 5.74) is -0.533. The summed E-state index contributed by atoms with van der Waals surface area (Å²) in [5, 5.41) is 0.384. The third-order valence-corrected chi connectivity index (χ3v) is 4.54. The summed E-state index contributed by atoms with van der Waals surface area (Å²) in [6, 6.07) is 5.63. The molecule has 0 aliphatic heterocycles. The van der Waals surface area contributed by atoms with Crippen LogP contribution in [0.1, 0.15) is 20.8 Å². The first-order chi connectivity index (χ1) is 10.9. The lowest BCUT2D eigenvalue weighted by Gasteiger charge is -2.05. The Morgan fingerprint density at radius 1 is 1.26 bits per heavy atom. The molecule has 0 saturated heterocycles. The van der Waals surface area contributed by atoms with Crippen LogP contribution in [0.25, 0.3) is 10.2 Å². The molecule has 3 rings (SSSR count). The Morgan fingerprint density at radius 3 is 2.70 bits per heavy atom. The van der Waals surface area contributed by atoms with Crippen molar-refractivity contribution >= 4 is 27.3 Å². The van der Waals surface area contributed by atoms with Crippen molar-refractivity contribution in [1.82, 2.24) is 9.55 Å². The van der Waals surface area contributed by atoms with Gasteiger partial charge in [0.15, 0.2) is 5.78 Å². The van der Waals surface area contributed by atoms with Gasteiger partial charge in [-0.15, -0.1) is 11.3 Å². The largest absolute Gasteiger partial charge is 0.329 e. The van der Waals surface area contributed by atoms with Crippen molar-refractivity contribution < 1.29 is 9.18 Å². The maximum atomic E-state index is 13.3. The van der Waals surface area contributed by atoms with Gasteiger partial charge >= 0.3 is 5.69 Å². The third-order valence-electron chi connectivity index (χ3n) is 3.58. The van der Waals surface area contributed by atoms with E-state index in [4.69, 9.17) is 0 Å². The van der Waals surface area contributed by atoms with Gasteiger partial charge in [-0.05, 0) is 43.7 Å². The summed E-state index contributed by atoms with van der Waals surface area (Å²) in [6.45, 7) is 2.99. The van der Waals surface area contributed by atoms with Crippen LogP contribution in [0.15, 0.2) is 33.9 Å². The average Bonchev–Trinajstić information content (AvgIpc) is 2.86. The van der Waals surface area contributed by atoms with Gasteiger partial charge in [0.1, 0.15) is 10.6 Å². The molecule has 23 heavy (non-hydrogen) atoms. The lowest BCUT2D eigenvalue weighted by atomic mass is 10.1. The zero-order chi connectivity index (χ0) is 16.7. The molecule has 0 spiro atoms. The molecule has 0 bridgehead atoms. The molecule has 2 heterocycles. The van der Waals surface area contributed by atoms with Gasteiger partial charge in [-0.3, -0.25) is 19.1 Å². The molecule has 0 aliphatic rings. The summed E-state index contributed by atoms with van der Waals surface area (Å²) in [6.07, 6.45) is 0. The van der Waals surface area contributed by atoms with Gasteiger partial charge < -0.3 is 0 Å². The number of thiophene rings is 1. The van der Waals surface area contributed by atoms with Crippen molar-refractivity contribution in [2.24, 2.45) is 0 Å². The van der Waals surface area contributed by atoms with Crippen LogP contribution in [0.5, 0.6) is 0 Å². The van der Waals surface area contributed by atoms with Crippen LogP contribution in [-0.2, 0) is 6.54 Å². The first kappa shape index (κ1) is 15.4. The van der Waals surface area contributed by atoms with Crippen molar-refractivity contribution in [3.05, 3.63) is 66.9 Å². The summed E-state index contributed by atoms with van der Waals surface area (Å²) in [7, 11) is 0. The van der Waals surface area contributed by atoms with Gasteiger partial charge in [-0.2, -0.15) is 0 Å². The fourth-order valence-electron chi connectivity index (χ4n) is 2.36. The first-order valence-electron chi connectivity index (χ1n) is 6.89. The summed E-state index contributed by atoms with van der Waals surface area (Å²) in [4.78, 5) is 40.7. The highest BCUT2D eigenvalue weighted by molar-refractivity contribution is 7.18. The van der Waals surface area contributed by atoms with E-state index in [1.807, 2.05) is 6.92 Å². The van der Waals surface area contributed by atoms with E-state index in [1.54, 1.807) is 13.0 Å². The molecular weight excluding hydrogens is 319 g/mol. The molecule has 2 aromatic heterocycles. The number of H-pyrrole nitrogens is 1. The highest BCUT2D eigenvalue weighted by Crippen LogP contribution is 2.18. The number of benzene rings is 1. The summed E-state index contributed by atoms with van der Waals surface area (Å²) in [5.74, 6) is -0.835. The molecule has 0 aliphatic carbocycles. The molecule has 5 nitrogen and oxygen atoms in total. The van der Waals surface area contributed by atoms with E-state index in [9.17, 15) is 18.8 Å². The molecule has 0 radical (unpaired) electrons. The standard InChI is InChI=1S/C16H13FN2O3S/c1-8-5-10(3-4-12(8)17)13(20)7-19-15(21)11-6-9(2)23-14(11)18-16(19)22/h3-6H,7H2,1-2H3,(H,18,22). The van der Waals surface area contributed by atoms with Crippen LogP contribution in [0.3, 0.4) is 0 Å². The molecule has 0 atom stereocenters. The molecule has 1 N–H and O–H groups in total. The zero-order valence-corrected chi connectivity index (χ0v) is 13.3. The number of ketones is 1. The number of hydrogen-bond acceptors (Lipinski definition) is 4. The van der Waals surface area contributed by atoms with Crippen molar-refractivity contribution in [1.29, 1.82) is 0 Å². The van der Waals surface area contributed by atoms with Crippen molar-refractivity contribution in [2.45, 2.75) is 20.4 Å². The number of rotatable bonds is 3. The second-order valence-electron chi connectivity index (χ2n) is 5.31. The van der Waals surface area contributed by atoms with Gasteiger partial charge in [-0.1, -0.05) is 0 Å². The van der Waals surface area contributed by atoms with E-state index in [2.05, 4.69) is 4.98 Å². The Labute approximate surface area is 134 Å². The van der Waals surface area contributed by atoms with E-state index in [1.165, 1.54) is 29.5 Å². The Hall–Kier alpha value is -2.54. The van der Waals surface area contributed by atoms with Gasteiger partial charge in [0.05, 0.1) is 11.9 Å². The van der Waals surface area contributed by atoms with Gasteiger partial charge in [0.2, 0.25) is 0 Å². The number of aromatic nitrogens is 2. The van der Waals surface area contributed by atoms with Crippen LogP contribution < -0.4 is 11.2 Å². The number of aromatic amines is 1. The van der Waals surface area contributed by atoms with Crippen molar-refractivity contribution in [2.75, 3.05) is 0 Å². The minimum atomic E-state index is -0.628. The van der Waals surface area contributed by atoms with E-state index >= 15 is 0 Å². The Balaban J connectivity index is 2.04. The van der Waals surface area contributed by atoms with Crippen LogP contribution in [0, 0.1) is 19.7 Å². The number of hydrogen-bond donors (Lipinski definition) is 1. The highest BCUT2D eigenvalue weighted by Gasteiger charge is 2.15. The fraction of sp³-hybridized carbons (Fsp3) is 0.188. The number of Topliss-reactive ketones (excluding diaryl/α,β-unsaturated/α-hetero) is 1. The number of carbonyl (C=O) groups excluding carboxylic acids is 1. The summed E-state index contributed by atoms with van der Waals surface area (Å²) < 4.78 is 14.1. The van der Waals surface area contributed by atoms with E-state index < -0.39 is 22.8 Å². The molecule has 7 heteroatoms. The molecule has 118 valence electrons. The Morgan fingerprint density at radius 2 is 2.00 bits per heavy atom. The van der Waals surface area contributed by atoms with Crippen LogP contribution >= 0.6 is 11.3 Å². The maximum absolute atomic E-state index is 13.3. The lowest BCUT2D eigenvalue weighted by molar-refractivity contribution is 0.0969. The molecule has 0 fully saturated rings. The number of fused-ring (bicyclic) bond motifs is 1. The third kappa shape index (κ3) is 2.75. The Kier molecular flexibility index (Phi) is 3.73. The van der Waals surface area contributed by atoms with Crippen LogP contribution in [-0.4, -0.2) is 15.3 Å².